The Bertz CT molecular complexity index is 312. The van der Waals surface area contributed by atoms with Crippen molar-refractivity contribution in [1.82, 2.24) is 0 Å². The molecule has 0 saturated carbocycles. The molecular formula is C10H12ClIO. The van der Waals surface area contributed by atoms with Gasteiger partial charge in [-0.25, -0.2) is 0 Å². The lowest BCUT2D eigenvalue weighted by atomic mass is 9.92. The maximum absolute atomic E-state index is 9.47. The largest absolute Gasteiger partial charge is 0.507 e. The minimum atomic E-state index is 0. The van der Waals surface area contributed by atoms with Crippen LogP contribution in [-0.2, 0) is 12.8 Å². The van der Waals surface area contributed by atoms with Crippen LogP contribution in [0.2, 0.25) is 0 Å². The first-order valence-electron chi connectivity index (χ1n) is 4.28. The van der Waals surface area contributed by atoms with Crippen LogP contribution < -0.4 is 0 Å². The van der Waals surface area contributed by atoms with Crippen molar-refractivity contribution < 1.29 is 5.11 Å². The van der Waals surface area contributed by atoms with Crippen molar-refractivity contribution >= 4 is 35.0 Å². The van der Waals surface area contributed by atoms with Gasteiger partial charge in [0.2, 0.25) is 0 Å². The molecule has 0 bridgehead atoms. The third kappa shape index (κ3) is 2.10. The summed E-state index contributed by atoms with van der Waals surface area (Å²) in [6, 6.07) is 3.87. The van der Waals surface area contributed by atoms with Crippen molar-refractivity contribution in [1.29, 1.82) is 0 Å². The molecule has 1 aromatic carbocycles. The topological polar surface area (TPSA) is 20.2 Å². The van der Waals surface area contributed by atoms with Crippen molar-refractivity contribution in [2.75, 3.05) is 0 Å². The number of hydrogen-bond donors (Lipinski definition) is 1. The van der Waals surface area contributed by atoms with Crippen LogP contribution in [0.25, 0.3) is 0 Å². The number of rotatable bonds is 0. The van der Waals surface area contributed by atoms with E-state index in [1.54, 1.807) is 0 Å². The van der Waals surface area contributed by atoms with Crippen LogP contribution >= 0.6 is 35.0 Å². The maximum atomic E-state index is 9.47. The van der Waals surface area contributed by atoms with Crippen LogP contribution in [0.4, 0.5) is 0 Å². The van der Waals surface area contributed by atoms with Gasteiger partial charge in [0.25, 0.3) is 0 Å². The zero-order chi connectivity index (χ0) is 8.55. The molecule has 0 heterocycles. The van der Waals surface area contributed by atoms with E-state index in [9.17, 15) is 5.11 Å². The molecule has 1 aliphatic rings. The minimum Gasteiger partial charge on any atom is -0.507 e. The van der Waals surface area contributed by atoms with Crippen LogP contribution in [0.1, 0.15) is 24.0 Å². The number of phenols is 1. The van der Waals surface area contributed by atoms with Crippen LogP contribution in [0.5, 0.6) is 5.75 Å². The highest BCUT2D eigenvalue weighted by Gasteiger charge is 2.13. The Labute approximate surface area is 98.1 Å². The van der Waals surface area contributed by atoms with E-state index in [-0.39, 0.29) is 12.4 Å². The third-order valence-electron chi connectivity index (χ3n) is 2.44. The average molecular weight is 311 g/mol. The lowest BCUT2D eigenvalue weighted by molar-refractivity contribution is 0.469. The van der Waals surface area contributed by atoms with Crippen LogP contribution in [0.15, 0.2) is 12.1 Å². The fraction of sp³-hybridized carbons (Fsp3) is 0.400. The summed E-state index contributed by atoms with van der Waals surface area (Å²) in [5, 5.41) is 9.47. The molecule has 0 radical (unpaired) electrons. The number of hydrogen-bond acceptors (Lipinski definition) is 1. The van der Waals surface area contributed by atoms with Crippen molar-refractivity contribution in [3.05, 3.63) is 26.8 Å². The highest BCUT2D eigenvalue weighted by atomic mass is 127. The van der Waals surface area contributed by atoms with Crippen LogP contribution in [0, 0.1) is 3.57 Å². The predicted molar refractivity (Wildman–Crippen MR) is 64.7 cm³/mol. The Hall–Kier alpha value is 0.0400. The van der Waals surface area contributed by atoms with Gasteiger partial charge < -0.3 is 5.11 Å². The monoisotopic (exact) mass is 310 g/mol. The predicted octanol–water partition coefficient (Wildman–Crippen LogP) is 3.30. The number of benzene rings is 1. The molecule has 3 heteroatoms. The van der Waals surface area contributed by atoms with E-state index < -0.39 is 0 Å². The summed E-state index contributed by atoms with van der Waals surface area (Å²) in [5.41, 5.74) is 2.81. The normalized spacial score (nSPS) is 14.5. The molecule has 1 N–H and O–H groups in total. The molecule has 0 saturated heterocycles. The molecule has 2 rings (SSSR count). The molecule has 0 unspecified atom stereocenters. The Morgan fingerprint density at radius 1 is 1.15 bits per heavy atom. The number of fused-ring (bicyclic) bond motifs is 1. The minimum absolute atomic E-state index is 0. The molecule has 0 atom stereocenters. The zero-order valence-corrected chi connectivity index (χ0v) is 10.2. The van der Waals surface area contributed by atoms with E-state index in [1.165, 1.54) is 30.4 Å². The molecular weight excluding hydrogens is 298 g/mol. The Kier molecular flexibility index (Phi) is 3.86. The highest BCUT2D eigenvalue weighted by Crippen LogP contribution is 2.31. The average Bonchev–Trinajstić information content (AvgIpc) is 2.12. The van der Waals surface area contributed by atoms with Gasteiger partial charge in [-0.2, -0.15) is 0 Å². The highest BCUT2D eigenvalue weighted by molar-refractivity contribution is 14.1. The van der Waals surface area contributed by atoms with Crippen molar-refractivity contribution in [3.8, 4) is 5.75 Å². The van der Waals surface area contributed by atoms with E-state index in [0.717, 1.165) is 9.99 Å². The molecule has 0 spiro atoms. The molecule has 0 aromatic heterocycles. The fourth-order valence-electron chi connectivity index (χ4n) is 1.77. The van der Waals surface area contributed by atoms with Gasteiger partial charge in [-0.05, 0) is 65.5 Å². The lowest BCUT2D eigenvalue weighted by Crippen LogP contribution is -2.04. The molecule has 72 valence electrons. The zero-order valence-electron chi connectivity index (χ0n) is 7.22. The first-order valence-corrected chi connectivity index (χ1v) is 5.36. The number of phenolic OH excluding ortho intramolecular Hbond substituents is 1. The fourth-order valence-corrected chi connectivity index (χ4v) is 2.57. The summed E-state index contributed by atoms with van der Waals surface area (Å²) < 4.78 is 1.06. The van der Waals surface area contributed by atoms with E-state index in [2.05, 4.69) is 28.7 Å². The second-order valence-electron chi connectivity index (χ2n) is 3.24. The van der Waals surface area contributed by atoms with Gasteiger partial charge >= 0.3 is 0 Å². The van der Waals surface area contributed by atoms with Gasteiger partial charge in [0.05, 0.1) is 3.57 Å². The van der Waals surface area contributed by atoms with Gasteiger partial charge in [-0.15, -0.1) is 12.4 Å². The summed E-state index contributed by atoms with van der Waals surface area (Å²) in [5.74, 6) is 0.441. The van der Waals surface area contributed by atoms with E-state index in [1.807, 2.05) is 6.07 Å². The van der Waals surface area contributed by atoms with E-state index in [4.69, 9.17) is 0 Å². The van der Waals surface area contributed by atoms with Crippen LogP contribution in [-0.4, -0.2) is 5.11 Å². The Morgan fingerprint density at radius 2 is 1.85 bits per heavy atom. The number of aryl methyl sites for hydroxylation is 1. The van der Waals surface area contributed by atoms with E-state index >= 15 is 0 Å². The van der Waals surface area contributed by atoms with E-state index in [0.29, 0.717) is 5.75 Å². The first-order chi connectivity index (χ1) is 5.79. The van der Waals surface area contributed by atoms with Crippen molar-refractivity contribution in [3.63, 3.8) is 0 Å². The lowest BCUT2D eigenvalue weighted by Gasteiger charge is -2.17. The summed E-state index contributed by atoms with van der Waals surface area (Å²) in [7, 11) is 0. The number of aromatic hydroxyl groups is 1. The summed E-state index contributed by atoms with van der Waals surface area (Å²) in [4.78, 5) is 0. The summed E-state index contributed by atoms with van der Waals surface area (Å²) >= 11 is 2.24. The Balaban J connectivity index is 0.000000845. The van der Waals surface area contributed by atoms with Gasteiger partial charge in [-0.1, -0.05) is 6.07 Å². The molecule has 1 aromatic rings. The Morgan fingerprint density at radius 3 is 2.62 bits per heavy atom. The summed E-state index contributed by atoms with van der Waals surface area (Å²) in [6.45, 7) is 0. The van der Waals surface area contributed by atoms with Gasteiger partial charge in [0.15, 0.2) is 0 Å². The van der Waals surface area contributed by atoms with Gasteiger partial charge in [-0.3, -0.25) is 0 Å². The smallest absolute Gasteiger partial charge is 0.129 e. The summed E-state index contributed by atoms with van der Waals surface area (Å²) in [6.07, 6.45) is 4.90. The molecule has 1 nitrogen and oxygen atoms in total. The molecule has 1 aliphatic carbocycles. The molecule has 0 amide bonds. The van der Waals surface area contributed by atoms with Gasteiger partial charge in [0, 0.05) is 0 Å². The molecule has 0 fully saturated rings. The number of halogens is 2. The molecule has 13 heavy (non-hydrogen) atoms. The second-order valence-corrected chi connectivity index (χ2v) is 4.32. The molecule has 0 aliphatic heterocycles. The SMILES string of the molecule is Cl.Oc1ccc2c(c1I)CCCC2. The standard InChI is InChI=1S/C10H11IO.ClH/c11-10-8-4-2-1-3-7(8)5-6-9(10)12;/h5-6,12H,1-4H2;1H. The van der Waals surface area contributed by atoms with Crippen molar-refractivity contribution in [2.45, 2.75) is 25.7 Å². The first kappa shape index (κ1) is 11.1. The van der Waals surface area contributed by atoms with Crippen molar-refractivity contribution in [2.24, 2.45) is 0 Å². The maximum Gasteiger partial charge on any atom is 0.129 e. The van der Waals surface area contributed by atoms with Gasteiger partial charge in [0.1, 0.15) is 5.75 Å². The second kappa shape index (κ2) is 4.51. The third-order valence-corrected chi connectivity index (χ3v) is 3.65. The van der Waals surface area contributed by atoms with Crippen LogP contribution in [0.3, 0.4) is 0 Å². The quantitative estimate of drug-likeness (QED) is 0.729.